The summed E-state index contributed by atoms with van der Waals surface area (Å²) in [6.45, 7) is 0. The molecule has 1 unspecified atom stereocenters. The zero-order valence-electron chi connectivity index (χ0n) is 11.1. The minimum atomic E-state index is -0.294. The molecular weight excluding hydrogens is 310 g/mol. The Balaban J connectivity index is 0.00000110. The maximum Gasteiger partial charge on any atom is 0.123 e. The van der Waals surface area contributed by atoms with Crippen molar-refractivity contribution in [3.63, 3.8) is 0 Å². The van der Waals surface area contributed by atoms with Gasteiger partial charge in [0.2, 0.25) is 0 Å². The van der Waals surface area contributed by atoms with Crippen molar-refractivity contribution in [2.24, 2.45) is 5.73 Å². The normalized spacial score (nSPS) is 11.3. The SMILES string of the molecule is Cl.Cl.NC(c1ccc(F)cc1)c1cnc2ccccc2c1. The number of aromatic nitrogens is 1. The van der Waals surface area contributed by atoms with Gasteiger partial charge in [0.15, 0.2) is 0 Å². The number of rotatable bonds is 2. The van der Waals surface area contributed by atoms with Crippen molar-refractivity contribution in [1.82, 2.24) is 4.98 Å². The first-order valence-corrected chi connectivity index (χ1v) is 6.10. The molecule has 21 heavy (non-hydrogen) atoms. The van der Waals surface area contributed by atoms with Gasteiger partial charge in [-0.05, 0) is 35.4 Å². The summed E-state index contributed by atoms with van der Waals surface area (Å²) < 4.78 is 12.9. The van der Waals surface area contributed by atoms with E-state index in [0.29, 0.717) is 0 Å². The third-order valence-electron chi connectivity index (χ3n) is 3.20. The molecule has 3 rings (SSSR count). The molecule has 1 atom stereocenters. The maximum atomic E-state index is 12.9. The van der Waals surface area contributed by atoms with Gasteiger partial charge in [0.05, 0.1) is 11.6 Å². The van der Waals surface area contributed by atoms with E-state index in [9.17, 15) is 4.39 Å². The second-order valence-electron chi connectivity index (χ2n) is 4.49. The summed E-state index contributed by atoms with van der Waals surface area (Å²) in [5.74, 6) is -0.257. The van der Waals surface area contributed by atoms with Crippen molar-refractivity contribution in [3.05, 3.63) is 77.7 Å². The number of nitrogens with zero attached hydrogens (tertiary/aromatic N) is 1. The fourth-order valence-electron chi connectivity index (χ4n) is 2.12. The molecule has 0 bridgehead atoms. The smallest absolute Gasteiger partial charge is 0.123 e. The van der Waals surface area contributed by atoms with Gasteiger partial charge in [-0.3, -0.25) is 4.98 Å². The van der Waals surface area contributed by atoms with Crippen LogP contribution in [-0.2, 0) is 0 Å². The molecule has 110 valence electrons. The van der Waals surface area contributed by atoms with Gasteiger partial charge >= 0.3 is 0 Å². The Hall–Kier alpha value is -1.68. The lowest BCUT2D eigenvalue weighted by Crippen LogP contribution is -2.12. The molecule has 0 aliphatic heterocycles. The lowest BCUT2D eigenvalue weighted by Gasteiger charge is -2.12. The largest absolute Gasteiger partial charge is 0.320 e. The highest BCUT2D eigenvalue weighted by Gasteiger charge is 2.10. The molecular formula is C16H15Cl2FN2. The summed E-state index contributed by atoms with van der Waals surface area (Å²) in [6.07, 6.45) is 1.77. The summed E-state index contributed by atoms with van der Waals surface area (Å²) in [6, 6.07) is 15.9. The first kappa shape index (κ1) is 17.4. The molecule has 2 N–H and O–H groups in total. The molecule has 0 spiro atoms. The van der Waals surface area contributed by atoms with E-state index in [1.165, 1.54) is 12.1 Å². The first-order chi connectivity index (χ1) is 9.24. The Morgan fingerprint density at radius 3 is 2.29 bits per heavy atom. The Morgan fingerprint density at radius 2 is 1.57 bits per heavy atom. The van der Waals surface area contributed by atoms with Crippen LogP contribution in [0.2, 0.25) is 0 Å². The van der Waals surface area contributed by atoms with Crippen molar-refractivity contribution < 1.29 is 4.39 Å². The molecule has 3 aromatic rings. The number of para-hydroxylation sites is 1. The van der Waals surface area contributed by atoms with Crippen LogP contribution < -0.4 is 5.73 Å². The predicted octanol–water partition coefficient (Wildman–Crippen LogP) is 4.27. The second-order valence-corrected chi connectivity index (χ2v) is 4.49. The first-order valence-electron chi connectivity index (χ1n) is 6.10. The fraction of sp³-hybridized carbons (Fsp3) is 0.0625. The van der Waals surface area contributed by atoms with Crippen LogP contribution in [0.3, 0.4) is 0 Å². The Labute approximate surface area is 135 Å². The Morgan fingerprint density at radius 1 is 0.905 bits per heavy atom. The maximum absolute atomic E-state index is 12.9. The Kier molecular flexibility index (Phi) is 6.09. The van der Waals surface area contributed by atoms with Gasteiger partial charge in [0, 0.05) is 11.6 Å². The van der Waals surface area contributed by atoms with E-state index in [2.05, 4.69) is 4.98 Å². The fourth-order valence-corrected chi connectivity index (χ4v) is 2.12. The van der Waals surface area contributed by atoms with E-state index in [4.69, 9.17) is 5.73 Å². The van der Waals surface area contributed by atoms with Crippen molar-refractivity contribution >= 4 is 35.7 Å². The van der Waals surface area contributed by atoms with Crippen LogP contribution in [0.5, 0.6) is 0 Å². The summed E-state index contributed by atoms with van der Waals surface area (Å²) >= 11 is 0. The van der Waals surface area contributed by atoms with Crippen molar-refractivity contribution in [1.29, 1.82) is 0 Å². The second kappa shape index (κ2) is 7.36. The number of halogens is 3. The van der Waals surface area contributed by atoms with Gasteiger partial charge in [-0.15, -0.1) is 24.8 Å². The predicted molar refractivity (Wildman–Crippen MR) is 88.7 cm³/mol. The highest BCUT2D eigenvalue weighted by molar-refractivity contribution is 5.85. The number of hydrogen-bond acceptors (Lipinski definition) is 2. The number of pyridine rings is 1. The average Bonchev–Trinajstić information content (AvgIpc) is 2.47. The highest BCUT2D eigenvalue weighted by atomic mass is 35.5. The molecule has 0 aliphatic rings. The van der Waals surface area contributed by atoms with E-state index >= 15 is 0 Å². The van der Waals surface area contributed by atoms with Gasteiger partial charge in [-0.25, -0.2) is 4.39 Å². The molecule has 5 heteroatoms. The number of benzene rings is 2. The van der Waals surface area contributed by atoms with Crippen LogP contribution >= 0.6 is 24.8 Å². The third-order valence-corrected chi connectivity index (χ3v) is 3.20. The van der Waals surface area contributed by atoms with Gasteiger partial charge in [-0.2, -0.15) is 0 Å². The lowest BCUT2D eigenvalue weighted by molar-refractivity contribution is 0.626. The molecule has 0 radical (unpaired) electrons. The van der Waals surface area contributed by atoms with Gasteiger partial charge in [0.25, 0.3) is 0 Å². The zero-order valence-corrected chi connectivity index (χ0v) is 12.7. The average molecular weight is 325 g/mol. The number of nitrogens with two attached hydrogens (primary N) is 1. The molecule has 1 aromatic heterocycles. The molecule has 1 heterocycles. The van der Waals surface area contributed by atoms with E-state index in [0.717, 1.165) is 22.0 Å². The lowest BCUT2D eigenvalue weighted by atomic mass is 10.00. The van der Waals surface area contributed by atoms with Crippen LogP contribution in [0.25, 0.3) is 10.9 Å². The minimum absolute atomic E-state index is 0. The molecule has 0 amide bonds. The van der Waals surface area contributed by atoms with Crippen molar-refractivity contribution in [3.8, 4) is 0 Å². The quantitative estimate of drug-likeness (QED) is 0.764. The van der Waals surface area contributed by atoms with Crippen molar-refractivity contribution in [2.75, 3.05) is 0 Å². The van der Waals surface area contributed by atoms with E-state index in [1.807, 2.05) is 30.3 Å². The van der Waals surface area contributed by atoms with E-state index < -0.39 is 0 Å². The van der Waals surface area contributed by atoms with Gasteiger partial charge < -0.3 is 5.73 Å². The van der Waals surface area contributed by atoms with Crippen LogP contribution in [0, 0.1) is 5.82 Å². The van der Waals surface area contributed by atoms with Gasteiger partial charge in [0.1, 0.15) is 5.82 Å². The van der Waals surface area contributed by atoms with Crippen LogP contribution in [0.1, 0.15) is 17.2 Å². The highest BCUT2D eigenvalue weighted by Crippen LogP contribution is 2.22. The standard InChI is InChI=1S/C16H13FN2.2ClH/c17-14-7-5-11(6-8-14)16(18)13-9-12-3-1-2-4-15(12)19-10-13;;/h1-10,16H,18H2;2*1H. The van der Waals surface area contributed by atoms with Crippen molar-refractivity contribution in [2.45, 2.75) is 6.04 Å². The monoisotopic (exact) mass is 324 g/mol. The summed E-state index contributed by atoms with van der Waals surface area (Å²) in [7, 11) is 0. The molecule has 0 aliphatic carbocycles. The summed E-state index contributed by atoms with van der Waals surface area (Å²) in [5, 5.41) is 1.05. The summed E-state index contributed by atoms with van der Waals surface area (Å²) in [5.41, 5.74) is 8.93. The molecule has 0 fully saturated rings. The third kappa shape index (κ3) is 3.70. The Bertz CT molecular complexity index is 717. The topological polar surface area (TPSA) is 38.9 Å². The number of fused-ring (bicyclic) bond motifs is 1. The minimum Gasteiger partial charge on any atom is -0.320 e. The molecule has 2 nitrogen and oxygen atoms in total. The molecule has 0 saturated carbocycles. The zero-order chi connectivity index (χ0) is 13.2. The van der Waals surface area contributed by atoms with Crippen LogP contribution in [0.4, 0.5) is 4.39 Å². The number of hydrogen-bond donors (Lipinski definition) is 1. The van der Waals surface area contributed by atoms with Crippen LogP contribution in [-0.4, -0.2) is 4.98 Å². The molecule has 2 aromatic carbocycles. The molecule has 0 saturated heterocycles. The van der Waals surface area contributed by atoms with E-state index in [1.54, 1.807) is 18.3 Å². The van der Waals surface area contributed by atoms with Gasteiger partial charge in [-0.1, -0.05) is 30.3 Å². The van der Waals surface area contributed by atoms with E-state index in [-0.39, 0.29) is 36.7 Å². The van der Waals surface area contributed by atoms with Crippen LogP contribution in [0.15, 0.2) is 60.8 Å². The summed E-state index contributed by atoms with van der Waals surface area (Å²) in [4.78, 5) is 4.39.